The van der Waals surface area contributed by atoms with Gasteiger partial charge >= 0.3 is 0 Å². The second-order valence-corrected chi connectivity index (χ2v) is 9.11. The third kappa shape index (κ3) is 5.46. The Morgan fingerprint density at radius 2 is 1.90 bits per heavy atom. The number of carbonyl (C=O) groups is 1. The van der Waals surface area contributed by atoms with Crippen LogP contribution >= 0.6 is 0 Å². The minimum absolute atomic E-state index is 0.109. The van der Waals surface area contributed by atoms with Crippen molar-refractivity contribution in [3.8, 4) is 5.75 Å². The SMILES string of the molecule is COc1cccc([C@@H]2C[C@@H]2C(=O)N(C)CC2CCN(C[C@@H](O)c3ccccc3)CC2)c1. The highest BCUT2D eigenvalue weighted by molar-refractivity contribution is 5.82. The van der Waals surface area contributed by atoms with Crippen molar-refractivity contribution in [3.05, 3.63) is 65.7 Å². The molecule has 1 saturated carbocycles. The number of nitrogens with zero attached hydrogens (tertiary/aromatic N) is 2. The average Bonchev–Trinajstić information content (AvgIpc) is 3.61. The topological polar surface area (TPSA) is 53.0 Å². The number of β-amino-alcohol motifs (C(OH)–C–C–N with tert-alkyl or cyclic N) is 1. The second kappa shape index (κ2) is 9.84. The molecule has 1 heterocycles. The summed E-state index contributed by atoms with van der Waals surface area (Å²) < 4.78 is 5.32. The molecule has 2 aliphatic rings. The van der Waals surface area contributed by atoms with Crippen LogP contribution in [0.3, 0.4) is 0 Å². The third-order valence-electron chi connectivity index (χ3n) is 6.86. The lowest BCUT2D eigenvalue weighted by atomic mass is 9.95. The van der Waals surface area contributed by atoms with Crippen LogP contribution in [0.5, 0.6) is 5.75 Å². The maximum Gasteiger partial charge on any atom is 0.226 e. The smallest absolute Gasteiger partial charge is 0.226 e. The fourth-order valence-corrected chi connectivity index (χ4v) is 4.85. The highest BCUT2D eigenvalue weighted by Gasteiger charge is 2.45. The van der Waals surface area contributed by atoms with E-state index in [0.717, 1.165) is 50.2 Å². The van der Waals surface area contributed by atoms with Crippen molar-refractivity contribution in [2.24, 2.45) is 11.8 Å². The van der Waals surface area contributed by atoms with E-state index in [1.165, 1.54) is 5.56 Å². The minimum atomic E-state index is -0.439. The van der Waals surface area contributed by atoms with Crippen molar-refractivity contribution in [2.75, 3.05) is 40.3 Å². The normalized spacial score (nSPS) is 22.7. The highest BCUT2D eigenvalue weighted by atomic mass is 16.5. The van der Waals surface area contributed by atoms with Gasteiger partial charge in [0.2, 0.25) is 5.91 Å². The number of hydrogen-bond acceptors (Lipinski definition) is 4. The van der Waals surface area contributed by atoms with Crippen LogP contribution in [-0.4, -0.2) is 61.2 Å². The first-order valence-corrected chi connectivity index (χ1v) is 11.4. The molecule has 1 aliphatic carbocycles. The van der Waals surface area contributed by atoms with Crippen LogP contribution in [-0.2, 0) is 4.79 Å². The molecule has 2 aromatic carbocycles. The highest BCUT2D eigenvalue weighted by Crippen LogP contribution is 2.49. The summed E-state index contributed by atoms with van der Waals surface area (Å²) in [6.07, 6.45) is 2.64. The van der Waals surface area contributed by atoms with Gasteiger partial charge in [0, 0.05) is 26.1 Å². The van der Waals surface area contributed by atoms with Gasteiger partial charge in [0.05, 0.1) is 13.2 Å². The molecule has 0 unspecified atom stereocenters. The number of amides is 1. The molecule has 2 fully saturated rings. The number of aliphatic hydroxyl groups excluding tert-OH is 1. The van der Waals surface area contributed by atoms with Gasteiger partial charge in [-0.25, -0.2) is 0 Å². The summed E-state index contributed by atoms with van der Waals surface area (Å²) in [5.74, 6) is 2.10. The number of hydrogen-bond donors (Lipinski definition) is 1. The molecule has 0 bridgehead atoms. The van der Waals surface area contributed by atoms with Gasteiger partial charge in [-0.15, -0.1) is 0 Å². The summed E-state index contributed by atoms with van der Waals surface area (Å²) in [6.45, 7) is 3.46. The van der Waals surface area contributed by atoms with Gasteiger partial charge in [0.25, 0.3) is 0 Å². The van der Waals surface area contributed by atoms with Crippen LogP contribution in [0.25, 0.3) is 0 Å². The summed E-state index contributed by atoms with van der Waals surface area (Å²) in [5.41, 5.74) is 2.18. The number of piperidine rings is 1. The zero-order chi connectivity index (χ0) is 21.8. The van der Waals surface area contributed by atoms with E-state index in [1.54, 1.807) is 7.11 Å². The number of likely N-dealkylation sites (tertiary alicyclic amines) is 1. The van der Waals surface area contributed by atoms with E-state index in [0.29, 0.717) is 18.4 Å². The van der Waals surface area contributed by atoms with E-state index in [-0.39, 0.29) is 11.8 Å². The molecule has 4 rings (SSSR count). The summed E-state index contributed by atoms with van der Waals surface area (Å²) in [7, 11) is 3.63. The molecule has 3 atom stereocenters. The summed E-state index contributed by atoms with van der Waals surface area (Å²) in [6, 6.07) is 18.0. The Morgan fingerprint density at radius 1 is 1.16 bits per heavy atom. The lowest BCUT2D eigenvalue weighted by molar-refractivity contribution is -0.132. The monoisotopic (exact) mass is 422 g/mol. The van der Waals surface area contributed by atoms with E-state index < -0.39 is 6.10 Å². The van der Waals surface area contributed by atoms with Crippen molar-refractivity contribution in [2.45, 2.75) is 31.3 Å². The third-order valence-corrected chi connectivity index (χ3v) is 6.86. The molecule has 31 heavy (non-hydrogen) atoms. The Kier molecular flexibility index (Phi) is 6.93. The van der Waals surface area contributed by atoms with Crippen molar-refractivity contribution < 1.29 is 14.6 Å². The maximum atomic E-state index is 12.9. The van der Waals surface area contributed by atoms with Crippen LogP contribution in [0.1, 0.15) is 42.4 Å². The van der Waals surface area contributed by atoms with Crippen molar-refractivity contribution in [1.82, 2.24) is 9.80 Å². The Bertz CT molecular complexity index is 864. The summed E-state index contributed by atoms with van der Waals surface area (Å²) in [5, 5.41) is 10.5. The molecule has 0 spiro atoms. The molecular weight excluding hydrogens is 388 g/mol. The molecule has 1 saturated heterocycles. The van der Waals surface area contributed by atoms with Crippen LogP contribution in [0.4, 0.5) is 0 Å². The lowest BCUT2D eigenvalue weighted by Gasteiger charge is -2.35. The molecule has 0 aromatic heterocycles. The lowest BCUT2D eigenvalue weighted by Crippen LogP contribution is -2.41. The van der Waals surface area contributed by atoms with Gasteiger partial charge in [-0.05, 0) is 67.4 Å². The number of ether oxygens (including phenoxy) is 1. The molecule has 1 N–H and O–H groups in total. The van der Waals surface area contributed by atoms with Crippen LogP contribution in [0.15, 0.2) is 54.6 Å². The second-order valence-electron chi connectivity index (χ2n) is 9.11. The average molecular weight is 423 g/mol. The van der Waals surface area contributed by atoms with Crippen molar-refractivity contribution >= 4 is 5.91 Å². The van der Waals surface area contributed by atoms with Crippen LogP contribution < -0.4 is 4.74 Å². The molecule has 2 aromatic rings. The number of benzene rings is 2. The van der Waals surface area contributed by atoms with Crippen LogP contribution in [0, 0.1) is 11.8 Å². The Morgan fingerprint density at radius 3 is 2.61 bits per heavy atom. The molecule has 0 radical (unpaired) electrons. The van der Waals surface area contributed by atoms with Gasteiger partial charge in [0.1, 0.15) is 5.75 Å². The molecule has 1 amide bonds. The minimum Gasteiger partial charge on any atom is -0.497 e. The number of rotatable bonds is 8. The largest absolute Gasteiger partial charge is 0.497 e. The van der Waals surface area contributed by atoms with E-state index in [2.05, 4.69) is 17.0 Å². The van der Waals surface area contributed by atoms with E-state index in [4.69, 9.17) is 4.74 Å². The number of carbonyl (C=O) groups excluding carboxylic acids is 1. The summed E-state index contributed by atoms with van der Waals surface area (Å²) in [4.78, 5) is 17.2. The standard InChI is InChI=1S/C26H34N2O3/c1-27(26(30)24-16-23(24)21-9-6-10-22(15-21)31-2)17-19-11-13-28(14-12-19)18-25(29)20-7-4-3-5-8-20/h3-10,15,19,23-25,29H,11-14,16-18H2,1-2H3/t23-,24-,25+/m0/s1. The van der Waals surface area contributed by atoms with Crippen molar-refractivity contribution in [3.63, 3.8) is 0 Å². The van der Waals surface area contributed by atoms with Gasteiger partial charge < -0.3 is 19.6 Å². The molecule has 5 heteroatoms. The van der Waals surface area contributed by atoms with Gasteiger partial charge in [-0.1, -0.05) is 42.5 Å². The zero-order valence-corrected chi connectivity index (χ0v) is 18.6. The first-order valence-electron chi connectivity index (χ1n) is 11.4. The first-order chi connectivity index (χ1) is 15.0. The van der Waals surface area contributed by atoms with E-state index in [1.807, 2.05) is 54.4 Å². The Hall–Kier alpha value is -2.37. The van der Waals surface area contributed by atoms with E-state index in [9.17, 15) is 9.90 Å². The van der Waals surface area contributed by atoms with Gasteiger partial charge in [-0.2, -0.15) is 0 Å². The van der Waals surface area contributed by atoms with Gasteiger partial charge in [0.15, 0.2) is 0 Å². The predicted octanol–water partition coefficient (Wildman–Crippen LogP) is 3.70. The molecular formula is C26H34N2O3. The Balaban J connectivity index is 1.21. The summed E-state index contributed by atoms with van der Waals surface area (Å²) >= 11 is 0. The first kappa shape index (κ1) is 21.8. The molecule has 5 nitrogen and oxygen atoms in total. The zero-order valence-electron chi connectivity index (χ0n) is 18.6. The molecule has 166 valence electrons. The number of aliphatic hydroxyl groups is 1. The van der Waals surface area contributed by atoms with Crippen LogP contribution in [0.2, 0.25) is 0 Å². The number of methoxy groups -OCH3 is 1. The Labute approximate surface area is 185 Å². The molecule has 1 aliphatic heterocycles. The fourth-order valence-electron chi connectivity index (χ4n) is 4.85. The quantitative estimate of drug-likeness (QED) is 0.705. The predicted molar refractivity (Wildman–Crippen MR) is 122 cm³/mol. The van der Waals surface area contributed by atoms with E-state index >= 15 is 0 Å². The maximum absolute atomic E-state index is 12.9. The fraction of sp³-hybridized carbons (Fsp3) is 0.500. The van der Waals surface area contributed by atoms with Gasteiger partial charge in [-0.3, -0.25) is 4.79 Å². The van der Waals surface area contributed by atoms with Crippen molar-refractivity contribution in [1.29, 1.82) is 0 Å².